The average molecular weight is 365 g/mol. The summed E-state index contributed by atoms with van der Waals surface area (Å²) >= 11 is 0. The summed E-state index contributed by atoms with van der Waals surface area (Å²) in [4.78, 5) is 15.7. The maximum Gasteiger partial charge on any atom is 0.336 e. The van der Waals surface area contributed by atoms with Gasteiger partial charge in [0, 0.05) is 17.0 Å². The molecule has 5 heteroatoms. The lowest BCUT2D eigenvalue weighted by atomic mass is 10.0. The standard InChI is InChI=1S/C22H24N2O3/c1-15-11-18-17(13-22(26)27-21(18)12-16(15)2)14-23-7-9-24(10-8-23)19-5-3-4-6-20(19)25/h3-6,11-13,25H,7-10,14H2,1-2H3/p+1. The zero-order valence-electron chi connectivity index (χ0n) is 15.8. The predicted molar refractivity (Wildman–Crippen MR) is 107 cm³/mol. The van der Waals surface area contributed by atoms with Crippen LogP contribution in [0.5, 0.6) is 5.75 Å². The number of quaternary nitrogens is 1. The summed E-state index contributed by atoms with van der Waals surface area (Å²) in [6.07, 6.45) is 0. The highest BCUT2D eigenvalue weighted by Crippen LogP contribution is 2.26. The number of rotatable bonds is 3. The normalized spacial score (nSPS) is 15.4. The van der Waals surface area contributed by atoms with Crippen LogP contribution < -0.4 is 15.4 Å². The van der Waals surface area contributed by atoms with Crippen molar-refractivity contribution >= 4 is 16.7 Å². The molecule has 3 aromatic rings. The number of nitrogens with one attached hydrogen (secondary N) is 1. The molecule has 0 saturated carbocycles. The number of anilines is 1. The monoisotopic (exact) mass is 365 g/mol. The van der Waals surface area contributed by atoms with E-state index in [1.807, 2.05) is 31.2 Å². The second-order valence-electron chi connectivity index (χ2n) is 7.43. The first-order valence-electron chi connectivity index (χ1n) is 9.42. The molecular formula is C22H25N2O3+. The van der Waals surface area contributed by atoms with E-state index in [0.717, 1.165) is 54.9 Å². The molecule has 4 rings (SSSR count). The van der Waals surface area contributed by atoms with E-state index >= 15 is 0 Å². The van der Waals surface area contributed by atoms with Gasteiger partial charge in [0.05, 0.1) is 31.9 Å². The summed E-state index contributed by atoms with van der Waals surface area (Å²) in [6.45, 7) is 8.60. The van der Waals surface area contributed by atoms with Crippen molar-refractivity contribution in [2.24, 2.45) is 0 Å². The van der Waals surface area contributed by atoms with Gasteiger partial charge in [-0.25, -0.2) is 4.79 Å². The first-order valence-corrected chi connectivity index (χ1v) is 9.42. The fourth-order valence-electron chi connectivity index (χ4n) is 3.87. The lowest BCUT2D eigenvalue weighted by Gasteiger charge is -2.34. The number of phenolic OH excluding ortho intramolecular Hbond substituents is 1. The lowest BCUT2D eigenvalue weighted by Crippen LogP contribution is -3.13. The molecule has 2 heterocycles. The van der Waals surface area contributed by atoms with E-state index in [4.69, 9.17) is 4.42 Å². The van der Waals surface area contributed by atoms with Crippen molar-refractivity contribution in [1.82, 2.24) is 0 Å². The van der Waals surface area contributed by atoms with Gasteiger partial charge in [0.15, 0.2) is 0 Å². The molecule has 1 aliphatic heterocycles. The molecule has 0 atom stereocenters. The fraction of sp³-hybridized carbons (Fsp3) is 0.318. The van der Waals surface area contributed by atoms with E-state index in [0.29, 0.717) is 11.3 Å². The Hall–Kier alpha value is -2.79. The highest BCUT2D eigenvalue weighted by Gasteiger charge is 2.23. The van der Waals surface area contributed by atoms with Crippen molar-refractivity contribution in [1.29, 1.82) is 0 Å². The van der Waals surface area contributed by atoms with Gasteiger partial charge in [-0.3, -0.25) is 0 Å². The van der Waals surface area contributed by atoms with Crippen LogP contribution in [0.25, 0.3) is 11.0 Å². The summed E-state index contributed by atoms with van der Waals surface area (Å²) < 4.78 is 5.41. The summed E-state index contributed by atoms with van der Waals surface area (Å²) in [6, 6.07) is 13.2. The van der Waals surface area contributed by atoms with Gasteiger partial charge in [-0.2, -0.15) is 0 Å². The van der Waals surface area contributed by atoms with Crippen molar-refractivity contribution in [3.63, 3.8) is 0 Å². The minimum Gasteiger partial charge on any atom is -0.506 e. The minimum absolute atomic E-state index is 0.284. The highest BCUT2D eigenvalue weighted by molar-refractivity contribution is 5.81. The Labute approximate surface area is 158 Å². The maximum atomic E-state index is 12.0. The minimum atomic E-state index is -0.284. The van der Waals surface area contributed by atoms with Gasteiger partial charge in [-0.05, 0) is 49.2 Å². The number of aryl methyl sites for hydroxylation is 2. The Morgan fingerprint density at radius 2 is 1.78 bits per heavy atom. The Balaban J connectivity index is 1.53. The summed E-state index contributed by atoms with van der Waals surface area (Å²) in [7, 11) is 0. The molecule has 1 aromatic heterocycles. The number of aromatic hydroxyl groups is 1. The first kappa shape index (κ1) is 17.6. The van der Waals surface area contributed by atoms with Gasteiger partial charge in [0.25, 0.3) is 0 Å². The molecule has 0 spiro atoms. The van der Waals surface area contributed by atoms with Crippen LogP contribution in [0.15, 0.2) is 51.7 Å². The number of hydrogen-bond acceptors (Lipinski definition) is 4. The van der Waals surface area contributed by atoms with Crippen LogP contribution in [-0.2, 0) is 6.54 Å². The van der Waals surface area contributed by atoms with Crippen LogP contribution >= 0.6 is 0 Å². The zero-order valence-corrected chi connectivity index (χ0v) is 15.8. The SMILES string of the molecule is Cc1cc2oc(=O)cc(C[NH+]3CCN(c4ccccc4O)CC3)c2cc1C. The molecule has 140 valence electrons. The molecule has 0 bridgehead atoms. The Kier molecular flexibility index (Phi) is 4.62. The van der Waals surface area contributed by atoms with E-state index in [1.165, 1.54) is 10.5 Å². The number of fused-ring (bicyclic) bond motifs is 1. The number of phenols is 1. The highest BCUT2D eigenvalue weighted by atomic mass is 16.4. The van der Waals surface area contributed by atoms with Gasteiger partial charge < -0.3 is 19.3 Å². The Morgan fingerprint density at radius 1 is 1.07 bits per heavy atom. The van der Waals surface area contributed by atoms with E-state index in [9.17, 15) is 9.90 Å². The quantitative estimate of drug-likeness (QED) is 0.698. The van der Waals surface area contributed by atoms with Gasteiger partial charge in [0.1, 0.15) is 17.9 Å². The smallest absolute Gasteiger partial charge is 0.336 e. The fourth-order valence-corrected chi connectivity index (χ4v) is 3.87. The number of hydrogen-bond donors (Lipinski definition) is 2. The number of benzene rings is 2. The molecule has 0 aliphatic carbocycles. The van der Waals surface area contributed by atoms with Gasteiger partial charge >= 0.3 is 5.63 Å². The van der Waals surface area contributed by atoms with E-state index in [2.05, 4.69) is 17.9 Å². The van der Waals surface area contributed by atoms with Crippen LogP contribution in [0.1, 0.15) is 16.7 Å². The second-order valence-corrected chi connectivity index (χ2v) is 7.43. The van der Waals surface area contributed by atoms with E-state index in [1.54, 1.807) is 12.1 Å². The molecule has 1 aliphatic rings. The predicted octanol–water partition coefficient (Wildman–Crippen LogP) is 2.02. The third-order valence-corrected chi connectivity index (χ3v) is 5.58. The zero-order chi connectivity index (χ0) is 19.0. The number of para-hydroxylation sites is 2. The molecule has 0 radical (unpaired) electrons. The topological polar surface area (TPSA) is 58.1 Å². The Bertz CT molecular complexity index is 1030. The van der Waals surface area contributed by atoms with E-state index < -0.39 is 0 Å². The molecule has 2 N–H and O–H groups in total. The third-order valence-electron chi connectivity index (χ3n) is 5.58. The van der Waals surface area contributed by atoms with Gasteiger partial charge in [0.2, 0.25) is 0 Å². The molecular weight excluding hydrogens is 340 g/mol. The molecule has 1 saturated heterocycles. The largest absolute Gasteiger partial charge is 0.506 e. The first-order chi connectivity index (χ1) is 13.0. The number of piperazine rings is 1. The van der Waals surface area contributed by atoms with Crippen LogP contribution in [-0.4, -0.2) is 31.3 Å². The van der Waals surface area contributed by atoms with Crippen LogP contribution in [0.4, 0.5) is 5.69 Å². The van der Waals surface area contributed by atoms with Crippen molar-refractivity contribution in [3.05, 3.63) is 69.6 Å². The van der Waals surface area contributed by atoms with Crippen LogP contribution in [0.3, 0.4) is 0 Å². The van der Waals surface area contributed by atoms with Crippen molar-refractivity contribution in [2.75, 3.05) is 31.1 Å². The molecule has 0 unspecified atom stereocenters. The average Bonchev–Trinajstić information content (AvgIpc) is 2.64. The van der Waals surface area contributed by atoms with Crippen molar-refractivity contribution in [2.45, 2.75) is 20.4 Å². The Morgan fingerprint density at radius 3 is 2.52 bits per heavy atom. The molecule has 27 heavy (non-hydrogen) atoms. The molecule has 2 aromatic carbocycles. The summed E-state index contributed by atoms with van der Waals surface area (Å²) in [5.41, 5.74) is 4.67. The van der Waals surface area contributed by atoms with E-state index in [-0.39, 0.29) is 5.63 Å². The van der Waals surface area contributed by atoms with Crippen molar-refractivity contribution in [3.8, 4) is 5.75 Å². The second kappa shape index (κ2) is 7.08. The van der Waals surface area contributed by atoms with Gasteiger partial charge in [-0.15, -0.1) is 0 Å². The molecule has 1 fully saturated rings. The summed E-state index contributed by atoms with van der Waals surface area (Å²) in [5, 5.41) is 11.1. The van der Waals surface area contributed by atoms with Gasteiger partial charge in [-0.1, -0.05) is 12.1 Å². The van der Waals surface area contributed by atoms with Crippen LogP contribution in [0, 0.1) is 13.8 Å². The number of nitrogens with zero attached hydrogens (tertiary/aromatic N) is 1. The molecule has 5 nitrogen and oxygen atoms in total. The van der Waals surface area contributed by atoms with Crippen molar-refractivity contribution < 1.29 is 14.4 Å². The lowest BCUT2D eigenvalue weighted by molar-refractivity contribution is -0.914. The maximum absolute atomic E-state index is 12.0. The summed E-state index contributed by atoms with van der Waals surface area (Å²) in [5.74, 6) is 0.332. The van der Waals surface area contributed by atoms with Crippen LogP contribution in [0.2, 0.25) is 0 Å². The third kappa shape index (κ3) is 3.55. The molecule has 0 amide bonds.